The van der Waals surface area contributed by atoms with Gasteiger partial charge in [-0.1, -0.05) is 12.5 Å². The van der Waals surface area contributed by atoms with E-state index in [1.54, 1.807) is 0 Å². The third-order valence-corrected chi connectivity index (χ3v) is 4.25. The molecule has 4 atom stereocenters. The summed E-state index contributed by atoms with van der Waals surface area (Å²) in [6, 6.07) is 0.727. The maximum Gasteiger partial charge on any atom is 0.00698 e. The minimum Gasteiger partial charge on any atom is -0.314 e. The second-order valence-corrected chi connectivity index (χ2v) is 5.16. The van der Waals surface area contributed by atoms with Gasteiger partial charge < -0.3 is 5.32 Å². The van der Waals surface area contributed by atoms with Gasteiger partial charge in [0.05, 0.1) is 0 Å². The lowest BCUT2D eigenvalue weighted by Crippen LogP contribution is -2.36. The second kappa shape index (κ2) is 4.48. The van der Waals surface area contributed by atoms with Crippen LogP contribution >= 0.6 is 0 Å². The molecule has 14 heavy (non-hydrogen) atoms. The predicted octanol–water partition coefficient (Wildman–Crippen LogP) is 2.98. The van der Waals surface area contributed by atoms with Crippen LogP contribution in [-0.4, -0.2) is 12.6 Å². The molecule has 0 spiro atoms. The van der Waals surface area contributed by atoms with Crippen molar-refractivity contribution in [2.24, 2.45) is 17.8 Å². The van der Waals surface area contributed by atoms with Gasteiger partial charge in [-0.2, -0.15) is 0 Å². The van der Waals surface area contributed by atoms with Gasteiger partial charge in [-0.25, -0.2) is 0 Å². The summed E-state index contributed by atoms with van der Waals surface area (Å²) in [7, 11) is 0. The van der Waals surface area contributed by atoms with Crippen molar-refractivity contribution >= 4 is 0 Å². The number of nitrogens with one attached hydrogen (secondary N) is 1. The van der Waals surface area contributed by atoms with Crippen molar-refractivity contribution in [3.63, 3.8) is 0 Å². The Hall–Kier alpha value is -0.300. The van der Waals surface area contributed by atoms with E-state index in [1.165, 1.54) is 25.7 Å². The van der Waals surface area contributed by atoms with Gasteiger partial charge in [0.1, 0.15) is 0 Å². The molecule has 2 aliphatic rings. The first-order chi connectivity index (χ1) is 6.81. The van der Waals surface area contributed by atoms with Gasteiger partial charge in [0, 0.05) is 6.04 Å². The van der Waals surface area contributed by atoms with Crippen molar-refractivity contribution in [2.75, 3.05) is 6.54 Å². The van der Waals surface area contributed by atoms with Crippen molar-refractivity contribution < 1.29 is 0 Å². The molecule has 0 aromatic rings. The highest BCUT2D eigenvalue weighted by molar-refractivity contribution is 4.94. The first-order valence-corrected chi connectivity index (χ1v) is 6.15. The van der Waals surface area contributed by atoms with E-state index in [9.17, 15) is 0 Å². The molecule has 0 saturated heterocycles. The summed E-state index contributed by atoms with van der Waals surface area (Å²) in [6.07, 6.45) is 9.14. The highest BCUT2D eigenvalue weighted by Gasteiger charge is 2.41. The zero-order valence-corrected chi connectivity index (χ0v) is 9.34. The highest BCUT2D eigenvalue weighted by atomic mass is 14.9. The second-order valence-electron chi connectivity index (χ2n) is 5.16. The first kappa shape index (κ1) is 10.2. The van der Waals surface area contributed by atoms with Crippen molar-refractivity contribution in [3.05, 3.63) is 12.7 Å². The molecule has 2 fully saturated rings. The predicted molar refractivity (Wildman–Crippen MR) is 61.2 cm³/mol. The summed E-state index contributed by atoms with van der Waals surface area (Å²) in [6.45, 7) is 7.23. The molecule has 2 aliphatic carbocycles. The monoisotopic (exact) mass is 193 g/mol. The maximum absolute atomic E-state index is 3.75. The van der Waals surface area contributed by atoms with E-state index < -0.39 is 0 Å². The summed E-state index contributed by atoms with van der Waals surface area (Å²) in [5.74, 6) is 3.10. The molecule has 1 N–H and O–H groups in total. The fourth-order valence-corrected chi connectivity index (χ4v) is 3.47. The lowest BCUT2D eigenvalue weighted by Gasteiger charge is -2.28. The van der Waals surface area contributed by atoms with Crippen LogP contribution in [0.1, 0.15) is 39.0 Å². The number of hydrogen-bond donors (Lipinski definition) is 1. The molecular weight excluding hydrogens is 170 g/mol. The first-order valence-electron chi connectivity index (χ1n) is 6.15. The van der Waals surface area contributed by atoms with Crippen molar-refractivity contribution in [1.82, 2.24) is 5.32 Å². The Bertz CT molecular complexity index is 199. The molecule has 2 bridgehead atoms. The standard InChI is InChI=1S/C13H23N/c1-3-4-7-14-10(2)13-9-11-5-6-12(13)8-11/h3,10-14H,1,4-9H2,2H3. The van der Waals surface area contributed by atoms with Gasteiger partial charge in [0.25, 0.3) is 0 Å². The molecular formula is C13H23N. The van der Waals surface area contributed by atoms with Crippen molar-refractivity contribution in [1.29, 1.82) is 0 Å². The van der Waals surface area contributed by atoms with Crippen LogP contribution in [0.3, 0.4) is 0 Å². The Morgan fingerprint density at radius 1 is 1.43 bits per heavy atom. The molecule has 80 valence electrons. The van der Waals surface area contributed by atoms with Gasteiger partial charge in [-0.15, -0.1) is 6.58 Å². The molecule has 2 rings (SSSR count). The average molecular weight is 193 g/mol. The van der Waals surface area contributed by atoms with Gasteiger partial charge >= 0.3 is 0 Å². The Balaban J connectivity index is 1.75. The fraction of sp³-hybridized carbons (Fsp3) is 0.846. The van der Waals surface area contributed by atoms with Gasteiger partial charge in [-0.05, 0) is 56.9 Å². The molecule has 1 nitrogen and oxygen atoms in total. The van der Waals surface area contributed by atoms with Crippen LogP contribution in [0.5, 0.6) is 0 Å². The molecule has 4 unspecified atom stereocenters. The lowest BCUT2D eigenvalue weighted by molar-refractivity contribution is 0.262. The minimum atomic E-state index is 0.727. The number of rotatable bonds is 5. The van der Waals surface area contributed by atoms with Crippen LogP contribution in [-0.2, 0) is 0 Å². The maximum atomic E-state index is 3.75. The van der Waals surface area contributed by atoms with Gasteiger partial charge in [0.15, 0.2) is 0 Å². The zero-order valence-electron chi connectivity index (χ0n) is 9.34. The quantitative estimate of drug-likeness (QED) is 0.523. The minimum absolute atomic E-state index is 0.727. The number of fused-ring (bicyclic) bond motifs is 2. The highest BCUT2D eigenvalue weighted by Crippen LogP contribution is 2.49. The summed E-state index contributed by atoms with van der Waals surface area (Å²) in [5, 5.41) is 3.64. The van der Waals surface area contributed by atoms with Gasteiger partial charge in [0.2, 0.25) is 0 Å². The van der Waals surface area contributed by atoms with Crippen molar-refractivity contribution in [2.45, 2.75) is 45.1 Å². The molecule has 0 heterocycles. The van der Waals surface area contributed by atoms with Crippen LogP contribution in [0.25, 0.3) is 0 Å². The molecule has 0 aliphatic heterocycles. The Morgan fingerprint density at radius 2 is 2.29 bits per heavy atom. The third-order valence-electron chi connectivity index (χ3n) is 4.25. The smallest absolute Gasteiger partial charge is 0.00698 e. The van der Waals surface area contributed by atoms with E-state index in [0.717, 1.165) is 36.8 Å². The van der Waals surface area contributed by atoms with E-state index in [4.69, 9.17) is 0 Å². The van der Waals surface area contributed by atoms with Gasteiger partial charge in [-0.3, -0.25) is 0 Å². The molecule has 0 amide bonds. The van der Waals surface area contributed by atoms with Crippen LogP contribution in [0.2, 0.25) is 0 Å². The Morgan fingerprint density at radius 3 is 2.86 bits per heavy atom. The van der Waals surface area contributed by atoms with Crippen molar-refractivity contribution in [3.8, 4) is 0 Å². The summed E-state index contributed by atoms with van der Waals surface area (Å²) in [5.41, 5.74) is 0. The lowest BCUT2D eigenvalue weighted by atomic mass is 9.84. The van der Waals surface area contributed by atoms with E-state index in [2.05, 4.69) is 18.8 Å². The third kappa shape index (κ3) is 2.03. The largest absolute Gasteiger partial charge is 0.314 e. The fourth-order valence-electron chi connectivity index (χ4n) is 3.47. The molecule has 0 aromatic heterocycles. The molecule has 0 aromatic carbocycles. The van der Waals surface area contributed by atoms with E-state index in [-0.39, 0.29) is 0 Å². The molecule has 2 saturated carbocycles. The van der Waals surface area contributed by atoms with E-state index in [1.807, 2.05) is 6.08 Å². The van der Waals surface area contributed by atoms with Crippen LogP contribution in [0, 0.1) is 17.8 Å². The summed E-state index contributed by atoms with van der Waals surface area (Å²) >= 11 is 0. The normalized spacial score (nSPS) is 37.4. The average Bonchev–Trinajstić information content (AvgIpc) is 2.79. The van der Waals surface area contributed by atoms with Crippen LogP contribution < -0.4 is 5.32 Å². The molecule has 1 heteroatoms. The summed E-state index contributed by atoms with van der Waals surface area (Å²) < 4.78 is 0. The molecule has 0 radical (unpaired) electrons. The van der Waals surface area contributed by atoms with E-state index in [0.29, 0.717) is 0 Å². The number of hydrogen-bond acceptors (Lipinski definition) is 1. The Kier molecular flexibility index (Phi) is 3.27. The summed E-state index contributed by atoms with van der Waals surface area (Å²) in [4.78, 5) is 0. The SMILES string of the molecule is C=CCCNC(C)C1CC2CCC1C2. The van der Waals surface area contributed by atoms with E-state index >= 15 is 0 Å². The van der Waals surface area contributed by atoms with Crippen LogP contribution in [0.15, 0.2) is 12.7 Å². The Labute approximate surface area is 88.0 Å². The topological polar surface area (TPSA) is 12.0 Å². The zero-order chi connectivity index (χ0) is 9.97. The van der Waals surface area contributed by atoms with Crippen LogP contribution in [0.4, 0.5) is 0 Å².